The summed E-state index contributed by atoms with van der Waals surface area (Å²) in [6.45, 7) is -2.47. The summed E-state index contributed by atoms with van der Waals surface area (Å²) in [6.07, 6.45) is -0.496. The van der Waals surface area contributed by atoms with Crippen molar-refractivity contribution in [3.8, 4) is 0 Å². The molecular weight excluding hydrogens is 166 g/mol. The van der Waals surface area contributed by atoms with Crippen molar-refractivity contribution in [3.05, 3.63) is 28.4 Å². The van der Waals surface area contributed by atoms with E-state index in [1.54, 1.807) is 0 Å². The third-order valence-electron chi connectivity index (χ3n) is 0.604. The van der Waals surface area contributed by atoms with Gasteiger partial charge in [-0.1, -0.05) is 0 Å². The fourth-order valence-corrected chi connectivity index (χ4v) is 0.463. The average Bonchev–Trinajstić information content (AvgIpc) is 2.06. The first-order chi connectivity index (χ1) is 6.25. The van der Waals surface area contributed by atoms with Crippen LogP contribution in [0.5, 0.6) is 0 Å². The van der Waals surface area contributed by atoms with Crippen LogP contribution in [-0.2, 0) is 0 Å². The summed E-state index contributed by atoms with van der Waals surface area (Å²) < 4.78 is 43.0. The molecule has 0 atom stereocenters. The number of aromatic nitrogens is 1. The van der Waals surface area contributed by atoms with Gasteiger partial charge in [-0.3, -0.25) is 4.98 Å². The molecule has 1 aromatic rings. The lowest BCUT2D eigenvalue weighted by Crippen LogP contribution is -1.77. The minimum absolute atomic E-state index is 0.0431. The molecule has 0 aliphatic heterocycles. The predicted octanol–water partition coefficient (Wildman–Crippen LogP) is 2.15. The molecule has 0 aliphatic carbocycles. The summed E-state index contributed by atoms with van der Waals surface area (Å²) >= 11 is 2.89. The Labute approximate surface area is 65.3 Å². The molecule has 0 aliphatic rings. The predicted molar refractivity (Wildman–Crippen MR) is 36.7 cm³/mol. The lowest BCUT2D eigenvalue weighted by molar-refractivity contribution is 1.18. The molecule has 1 heterocycles. The molecule has 0 aromatic carbocycles. The quantitative estimate of drug-likeness (QED) is 0.593. The van der Waals surface area contributed by atoms with Gasteiger partial charge in [0.15, 0.2) is 0 Å². The minimum Gasteiger partial charge on any atom is -0.260 e. The number of hydrogen-bond acceptors (Lipinski definition) is 1. The van der Waals surface area contributed by atoms with Crippen LogP contribution < -0.4 is 0 Å². The first-order valence-corrected chi connectivity index (χ1v) is 2.68. The van der Waals surface area contributed by atoms with E-state index in [9.17, 15) is 0 Å². The second kappa shape index (κ2) is 2.27. The summed E-state index contributed by atoms with van der Waals surface area (Å²) in [7, 11) is 0. The van der Waals surface area contributed by atoms with Gasteiger partial charge in [-0.15, -0.1) is 0 Å². The zero-order valence-corrected chi connectivity index (χ0v) is 5.41. The van der Waals surface area contributed by atoms with Crippen LogP contribution in [0.25, 0.3) is 0 Å². The molecule has 0 fully saturated rings. The summed E-state index contributed by atoms with van der Waals surface area (Å²) in [4.78, 5) is 3.45. The highest BCUT2D eigenvalue weighted by atomic mass is 79.9. The minimum atomic E-state index is -2.47. The fourth-order valence-electron chi connectivity index (χ4n) is 0.275. The van der Waals surface area contributed by atoms with E-state index in [0.717, 1.165) is 0 Å². The zero-order valence-electron chi connectivity index (χ0n) is 9.83. The van der Waals surface area contributed by atoms with E-state index in [1.165, 1.54) is 0 Å². The van der Waals surface area contributed by atoms with Gasteiger partial charge in [0.2, 0.25) is 0 Å². The Kier molecular flexibility index (Phi) is 0.511. The van der Waals surface area contributed by atoms with E-state index in [-0.39, 0.29) is 22.3 Å². The maximum Gasteiger partial charge on any atom is 0.0840 e. The molecule has 1 rings (SSSR count). The Morgan fingerprint density at radius 3 is 3.62 bits per heavy atom. The molecule has 0 saturated heterocycles. The number of hydrogen-bond donors (Lipinski definition) is 0. The lowest BCUT2D eigenvalue weighted by atomic mass is 10.4. The smallest absolute Gasteiger partial charge is 0.0840 e. The highest BCUT2D eigenvalue weighted by Crippen LogP contribution is 2.10. The van der Waals surface area contributed by atoms with Crippen LogP contribution in [0.4, 0.5) is 0 Å². The van der Waals surface area contributed by atoms with Crippen molar-refractivity contribution < 1.29 is 8.22 Å². The van der Waals surface area contributed by atoms with Gasteiger partial charge < -0.3 is 0 Å². The van der Waals surface area contributed by atoms with Crippen molar-refractivity contribution in [3.63, 3.8) is 0 Å². The van der Waals surface area contributed by atoms with Gasteiger partial charge in [-0.2, -0.15) is 0 Å². The lowest BCUT2D eigenvalue weighted by Gasteiger charge is -1.90. The topological polar surface area (TPSA) is 12.9 Å². The SMILES string of the molecule is [2H]c1nc(C([2H])([2H])[2H])c(Br)c([2H])c1[2H]. The van der Waals surface area contributed by atoms with Crippen LogP contribution in [0.3, 0.4) is 0 Å². The van der Waals surface area contributed by atoms with Gasteiger partial charge in [0, 0.05) is 14.8 Å². The van der Waals surface area contributed by atoms with Crippen LogP contribution in [-0.4, -0.2) is 4.98 Å². The van der Waals surface area contributed by atoms with E-state index >= 15 is 0 Å². The van der Waals surface area contributed by atoms with Gasteiger partial charge in [0.1, 0.15) is 0 Å². The van der Waals surface area contributed by atoms with Crippen molar-refractivity contribution in [2.75, 3.05) is 0 Å². The number of nitrogens with zero attached hydrogens (tertiary/aromatic N) is 1. The second-order valence-electron chi connectivity index (χ2n) is 1.14. The van der Waals surface area contributed by atoms with E-state index in [0.29, 0.717) is 0 Å². The van der Waals surface area contributed by atoms with Crippen molar-refractivity contribution >= 4 is 15.9 Å². The first kappa shape index (κ1) is 1.81. The van der Waals surface area contributed by atoms with Crippen LogP contribution >= 0.6 is 15.9 Å². The van der Waals surface area contributed by atoms with Crippen molar-refractivity contribution in [1.29, 1.82) is 0 Å². The molecule has 2 heteroatoms. The third-order valence-corrected chi connectivity index (χ3v) is 1.18. The highest BCUT2D eigenvalue weighted by molar-refractivity contribution is 9.10. The Hall–Kier alpha value is -0.370. The van der Waals surface area contributed by atoms with Crippen LogP contribution in [0.15, 0.2) is 22.7 Å². The van der Waals surface area contributed by atoms with E-state index in [1.807, 2.05) is 0 Å². The van der Waals surface area contributed by atoms with Crippen molar-refractivity contribution in [2.45, 2.75) is 6.85 Å². The van der Waals surface area contributed by atoms with Crippen LogP contribution in [0, 0.1) is 6.85 Å². The van der Waals surface area contributed by atoms with E-state index < -0.39 is 13.0 Å². The molecule has 42 valence electrons. The summed E-state index contributed by atoms with van der Waals surface area (Å²) in [5.41, 5.74) is -0.344. The Bertz CT molecular complexity index is 374. The highest BCUT2D eigenvalue weighted by Gasteiger charge is 1.87. The Morgan fingerprint density at radius 1 is 2.00 bits per heavy atom. The van der Waals surface area contributed by atoms with E-state index in [2.05, 4.69) is 20.9 Å². The molecule has 0 spiro atoms. The molecule has 1 nitrogen and oxygen atoms in total. The molecule has 0 saturated carbocycles. The third kappa shape index (κ3) is 1.07. The maximum absolute atomic E-state index is 7.36. The number of pyridine rings is 1. The standard InChI is InChI=1S/C6H6BrN/c1-5-6(7)3-2-4-8-5/h2-4H,1H3/i1D3,2D,3D,4D. The molecule has 0 unspecified atom stereocenters. The Balaban J connectivity index is 3.49. The van der Waals surface area contributed by atoms with Crippen LogP contribution in [0.2, 0.25) is 0 Å². The van der Waals surface area contributed by atoms with E-state index in [4.69, 9.17) is 8.22 Å². The zero-order chi connectivity index (χ0) is 11.1. The van der Waals surface area contributed by atoms with Crippen molar-refractivity contribution in [2.24, 2.45) is 0 Å². The van der Waals surface area contributed by atoms with Gasteiger partial charge in [0.05, 0.1) is 9.81 Å². The summed E-state index contributed by atoms with van der Waals surface area (Å²) in [5.74, 6) is 0. The molecule has 0 amide bonds. The summed E-state index contributed by atoms with van der Waals surface area (Å²) in [6, 6.07) is -0.707. The first-order valence-electron chi connectivity index (χ1n) is 4.89. The molecule has 1 aromatic heterocycles. The fraction of sp³-hybridized carbons (Fsp3) is 0.167. The van der Waals surface area contributed by atoms with Gasteiger partial charge in [-0.25, -0.2) is 0 Å². The normalized spacial score (nSPS) is 21.6. The maximum atomic E-state index is 7.36. The largest absolute Gasteiger partial charge is 0.260 e. The average molecular weight is 178 g/mol. The van der Waals surface area contributed by atoms with Gasteiger partial charge in [-0.05, 0) is 34.9 Å². The number of halogens is 1. The monoisotopic (exact) mass is 177 g/mol. The van der Waals surface area contributed by atoms with Gasteiger partial charge in [0.25, 0.3) is 0 Å². The molecule has 0 N–H and O–H groups in total. The Morgan fingerprint density at radius 2 is 2.88 bits per heavy atom. The summed E-state index contributed by atoms with van der Waals surface area (Å²) in [5, 5.41) is 0. The molecule has 0 bridgehead atoms. The second-order valence-corrected chi connectivity index (χ2v) is 1.93. The molecular formula is C6H6BrN. The van der Waals surface area contributed by atoms with Crippen LogP contribution in [0.1, 0.15) is 13.9 Å². The van der Waals surface area contributed by atoms with Gasteiger partial charge >= 0.3 is 0 Å². The number of aryl methyl sites for hydroxylation is 1. The number of rotatable bonds is 0. The van der Waals surface area contributed by atoms with Crippen molar-refractivity contribution in [1.82, 2.24) is 4.98 Å². The molecule has 0 radical (unpaired) electrons. The molecule has 8 heavy (non-hydrogen) atoms.